The molecular weight excluding hydrogens is 512 g/mol. The molecule has 5 heterocycles. The molecule has 0 saturated carbocycles. The molecule has 0 aliphatic carbocycles. The van der Waals surface area contributed by atoms with Gasteiger partial charge in [0, 0.05) is 22.4 Å². The molecule has 0 radical (unpaired) electrons. The highest BCUT2D eigenvalue weighted by Crippen LogP contribution is 2.38. The van der Waals surface area contributed by atoms with Crippen LogP contribution in [0.2, 0.25) is 0 Å². The molecule has 0 amide bonds. The van der Waals surface area contributed by atoms with Crippen molar-refractivity contribution in [1.82, 2.24) is 9.55 Å². The Balaban J connectivity index is 1.19. The van der Waals surface area contributed by atoms with Gasteiger partial charge in [-0.15, -0.1) is 0 Å². The Labute approximate surface area is 228 Å². The Morgan fingerprint density at radius 2 is 1.85 bits per heavy atom. The molecule has 3 aromatic heterocycles. The fraction of sp³-hybridized carbons (Fsp3) is 0.258. The van der Waals surface area contributed by atoms with Gasteiger partial charge in [0.2, 0.25) is 0 Å². The third kappa shape index (κ3) is 3.72. The molecule has 2 aromatic carbocycles. The zero-order valence-corrected chi connectivity index (χ0v) is 22.3. The number of methoxy groups -OCH3 is 2. The van der Waals surface area contributed by atoms with Crippen LogP contribution in [-0.2, 0) is 29.3 Å². The monoisotopic (exact) mass is 538 g/mol. The van der Waals surface area contributed by atoms with Crippen LogP contribution in [0.4, 0.5) is 0 Å². The van der Waals surface area contributed by atoms with Gasteiger partial charge >= 0.3 is 5.97 Å². The summed E-state index contributed by atoms with van der Waals surface area (Å²) in [6, 6.07) is 15.3. The van der Waals surface area contributed by atoms with Crippen molar-refractivity contribution >= 4 is 27.8 Å². The summed E-state index contributed by atoms with van der Waals surface area (Å²) in [7, 11) is 3.20. The topological polar surface area (TPSA) is 102 Å². The van der Waals surface area contributed by atoms with Gasteiger partial charge in [-0.2, -0.15) is 0 Å². The van der Waals surface area contributed by atoms with Crippen molar-refractivity contribution in [3.8, 4) is 28.6 Å². The number of pyridine rings is 2. The van der Waals surface area contributed by atoms with E-state index in [1.807, 2.05) is 49.4 Å². The van der Waals surface area contributed by atoms with Gasteiger partial charge in [-0.05, 0) is 54.4 Å². The Morgan fingerprint density at radius 1 is 1.00 bits per heavy atom. The van der Waals surface area contributed by atoms with Crippen molar-refractivity contribution in [3.05, 3.63) is 81.3 Å². The molecule has 0 bridgehead atoms. The highest BCUT2D eigenvalue weighted by molar-refractivity contribution is 5.87. The van der Waals surface area contributed by atoms with Crippen LogP contribution in [0.3, 0.4) is 0 Å². The molecule has 1 atom stereocenters. The van der Waals surface area contributed by atoms with Gasteiger partial charge in [0.25, 0.3) is 5.56 Å². The molecular formula is C31H26N2O7. The maximum absolute atomic E-state index is 13.4. The molecule has 0 saturated heterocycles. The van der Waals surface area contributed by atoms with Crippen molar-refractivity contribution in [3.63, 3.8) is 0 Å². The molecule has 0 N–H and O–H groups in total. The summed E-state index contributed by atoms with van der Waals surface area (Å²) in [6.07, 6.45) is 0.575. The van der Waals surface area contributed by atoms with E-state index in [0.29, 0.717) is 47.1 Å². The van der Waals surface area contributed by atoms with E-state index in [-0.39, 0.29) is 24.7 Å². The first-order valence-electron chi connectivity index (χ1n) is 13.1. The van der Waals surface area contributed by atoms with Crippen molar-refractivity contribution in [2.75, 3.05) is 14.2 Å². The van der Waals surface area contributed by atoms with Gasteiger partial charge < -0.3 is 27.9 Å². The SMILES string of the molecule is CCC1C(=O)OCc2c1cc1n(c2=O)Cc2cc3cc(OCc4cc5cc(OC)cc(OC)c5o4)ccc3nc2-1. The molecule has 7 rings (SSSR count). The highest BCUT2D eigenvalue weighted by Gasteiger charge is 2.34. The first-order valence-corrected chi connectivity index (χ1v) is 13.1. The quantitative estimate of drug-likeness (QED) is 0.263. The molecule has 1 unspecified atom stereocenters. The lowest BCUT2D eigenvalue weighted by atomic mass is 9.90. The summed E-state index contributed by atoms with van der Waals surface area (Å²) >= 11 is 0. The van der Waals surface area contributed by atoms with Gasteiger partial charge in [0.15, 0.2) is 11.3 Å². The molecule has 2 aliphatic rings. The lowest BCUT2D eigenvalue weighted by molar-refractivity contribution is -0.148. The Bertz CT molecular complexity index is 1900. The number of furan rings is 1. The highest BCUT2D eigenvalue weighted by atomic mass is 16.5. The summed E-state index contributed by atoms with van der Waals surface area (Å²) in [5.74, 6) is 1.89. The fourth-order valence-corrected chi connectivity index (χ4v) is 5.72. The minimum atomic E-state index is -0.429. The second-order valence-electron chi connectivity index (χ2n) is 10.0. The van der Waals surface area contributed by atoms with E-state index in [4.69, 9.17) is 28.3 Å². The lowest BCUT2D eigenvalue weighted by Crippen LogP contribution is -2.32. The average molecular weight is 539 g/mol. The lowest BCUT2D eigenvalue weighted by Gasteiger charge is -2.24. The summed E-state index contributed by atoms with van der Waals surface area (Å²) in [6.45, 7) is 2.59. The van der Waals surface area contributed by atoms with Gasteiger partial charge in [-0.25, -0.2) is 4.98 Å². The van der Waals surface area contributed by atoms with Crippen LogP contribution >= 0.6 is 0 Å². The third-order valence-corrected chi connectivity index (χ3v) is 7.74. The van der Waals surface area contributed by atoms with E-state index >= 15 is 0 Å². The molecule has 9 heteroatoms. The predicted octanol–water partition coefficient (Wildman–Crippen LogP) is 5.32. The van der Waals surface area contributed by atoms with Crippen LogP contribution in [0.5, 0.6) is 17.2 Å². The number of carbonyl (C=O) groups is 1. The summed E-state index contributed by atoms with van der Waals surface area (Å²) in [5.41, 5.74) is 5.08. The van der Waals surface area contributed by atoms with E-state index in [1.54, 1.807) is 24.9 Å². The number of aromatic nitrogens is 2. The summed E-state index contributed by atoms with van der Waals surface area (Å²) < 4.78 is 29.9. The number of ether oxygens (including phenoxy) is 4. The third-order valence-electron chi connectivity index (χ3n) is 7.74. The Kier molecular flexibility index (Phi) is 5.55. The Hall–Kier alpha value is -4.79. The van der Waals surface area contributed by atoms with Crippen LogP contribution in [0.1, 0.15) is 41.7 Å². The second-order valence-corrected chi connectivity index (χ2v) is 10.0. The van der Waals surface area contributed by atoms with E-state index in [1.165, 1.54) is 0 Å². The number of fused-ring (bicyclic) bond motifs is 6. The number of esters is 1. The standard InChI is InChI=1S/C31H26N2O7/c1-4-22-23-12-26-28-18(13-33(26)30(34)24(23)15-39-31(22)35)7-16-8-19(5-6-25(16)32-28)38-14-21-10-17-9-20(36-2)11-27(37-3)29(17)40-21/h5-12,22H,4,13-15H2,1-3H3. The number of nitrogens with zero attached hydrogens (tertiary/aromatic N) is 2. The second kappa shape index (κ2) is 9.15. The number of rotatable bonds is 6. The van der Waals surface area contributed by atoms with Crippen molar-refractivity contribution in [2.45, 2.75) is 39.0 Å². The molecule has 0 fully saturated rings. The van der Waals surface area contributed by atoms with E-state index in [9.17, 15) is 9.59 Å². The van der Waals surface area contributed by atoms with Crippen LogP contribution < -0.4 is 19.8 Å². The Morgan fingerprint density at radius 3 is 2.65 bits per heavy atom. The smallest absolute Gasteiger partial charge is 0.313 e. The van der Waals surface area contributed by atoms with Crippen LogP contribution in [0.15, 0.2) is 57.7 Å². The number of benzene rings is 2. The van der Waals surface area contributed by atoms with E-state index in [0.717, 1.165) is 38.8 Å². The van der Waals surface area contributed by atoms with E-state index < -0.39 is 5.92 Å². The fourth-order valence-electron chi connectivity index (χ4n) is 5.72. The zero-order valence-electron chi connectivity index (χ0n) is 22.3. The zero-order chi connectivity index (χ0) is 27.5. The van der Waals surface area contributed by atoms with Crippen LogP contribution in [0.25, 0.3) is 33.3 Å². The predicted molar refractivity (Wildman–Crippen MR) is 147 cm³/mol. The molecule has 40 heavy (non-hydrogen) atoms. The molecule has 2 aliphatic heterocycles. The van der Waals surface area contributed by atoms with Gasteiger partial charge in [0.05, 0.1) is 49.2 Å². The van der Waals surface area contributed by atoms with E-state index in [2.05, 4.69) is 0 Å². The van der Waals surface area contributed by atoms with Crippen molar-refractivity contribution in [1.29, 1.82) is 0 Å². The first kappa shape index (κ1) is 24.3. The molecule has 5 aromatic rings. The van der Waals surface area contributed by atoms with Crippen molar-refractivity contribution in [2.24, 2.45) is 0 Å². The number of hydrogen-bond donors (Lipinski definition) is 0. The average Bonchev–Trinajstić information content (AvgIpc) is 3.55. The number of cyclic esters (lactones) is 1. The maximum Gasteiger partial charge on any atom is 0.313 e. The maximum atomic E-state index is 13.4. The number of carbonyl (C=O) groups excluding carboxylic acids is 1. The van der Waals surface area contributed by atoms with Gasteiger partial charge in [-0.1, -0.05) is 6.92 Å². The van der Waals surface area contributed by atoms with Gasteiger partial charge in [-0.3, -0.25) is 9.59 Å². The van der Waals surface area contributed by atoms with Crippen LogP contribution in [-0.4, -0.2) is 29.7 Å². The number of hydrogen-bond acceptors (Lipinski definition) is 8. The minimum absolute atomic E-state index is 0.0157. The summed E-state index contributed by atoms with van der Waals surface area (Å²) in [4.78, 5) is 30.6. The largest absolute Gasteiger partial charge is 0.497 e. The summed E-state index contributed by atoms with van der Waals surface area (Å²) in [5, 5.41) is 1.77. The molecule has 202 valence electrons. The molecule has 9 nitrogen and oxygen atoms in total. The van der Waals surface area contributed by atoms with Crippen molar-refractivity contribution < 1.29 is 28.2 Å². The van der Waals surface area contributed by atoms with Gasteiger partial charge in [0.1, 0.15) is 30.5 Å². The minimum Gasteiger partial charge on any atom is -0.497 e. The molecule has 0 spiro atoms. The normalized spacial score (nSPS) is 15.5. The first-order chi connectivity index (χ1) is 19.5. The van der Waals surface area contributed by atoms with Crippen LogP contribution in [0, 0.1) is 0 Å².